The number of aliphatic carboxylic acids is 1. The van der Waals surface area contributed by atoms with E-state index in [9.17, 15) is 9.59 Å². The molecule has 104 valence electrons. The number of amides is 1. The molecular formula is C13H24N2O3. The number of nitrogens with zero attached hydrogens (tertiary/aromatic N) is 1. The first-order valence-corrected chi connectivity index (χ1v) is 6.78. The second-order valence-electron chi connectivity index (χ2n) is 5.13. The van der Waals surface area contributed by atoms with Gasteiger partial charge in [0.25, 0.3) is 0 Å². The molecule has 5 nitrogen and oxygen atoms in total. The van der Waals surface area contributed by atoms with Gasteiger partial charge in [0.2, 0.25) is 5.91 Å². The Morgan fingerprint density at radius 1 is 1.39 bits per heavy atom. The molecular weight excluding hydrogens is 232 g/mol. The number of rotatable bonds is 6. The molecule has 1 unspecified atom stereocenters. The summed E-state index contributed by atoms with van der Waals surface area (Å²) in [6.45, 7) is 3.48. The molecule has 0 aromatic heterocycles. The maximum absolute atomic E-state index is 11.9. The predicted molar refractivity (Wildman–Crippen MR) is 69.1 cm³/mol. The first-order chi connectivity index (χ1) is 8.52. The van der Waals surface area contributed by atoms with Gasteiger partial charge in [0.15, 0.2) is 0 Å². The van der Waals surface area contributed by atoms with Gasteiger partial charge in [-0.05, 0) is 31.6 Å². The zero-order valence-corrected chi connectivity index (χ0v) is 11.1. The summed E-state index contributed by atoms with van der Waals surface area (Å²) in [5, 5.41) is 8.63. The number of hydrogen-bond acceptors (Lipinski definition) is 3. The maximum atomic E-state index is 11.9. The molecule has 1 rings (SSSR count). The Balaban J connectivity index is 2.26. The summed E-state index contributed by atoms with van der Waals surface area (Å²) < 4.78 is 0. The predicted octanol–water partition coefficient (Wildman–Crippen LogP) is 1.22. The average Bonchev–Trinajstić information content (AvgIpc) is 2.36. The van der Waals surface area contributed by atoms with Crippen molar-refractivity contribution in [3.63, 3.8) is 0 Å². The van der Waals surface area contributed by atoms with Crippen LogP contribution >= 0.6 is 0 Å². The lowest BCUT2D eigenvalue weighted by Crippen LogP contribution is -2.41. The van der Waals surface area contributed by atoms with Crippen molar-refractivity contribution in [1.82, 2.24) is 4.90 Å². The van der Waals surface area contributed by atoms with Gasteiger partial charge in [-0.2, -0.15) is 0 Å². The number of hydrogen-bond donors (Lipinski definition) is 2. The van der Waals surface area contributed by atoms with E-state index in [1.54, 1.807) is 0 Å². The van der Waals surface area contributed by atoms with Crippen LogP contribution in [0.2, 0.25) is 0 Å². The van der Waals surface area contributed by atoms with Crippen molar-refractivity contribution in [2.24, 2.45) is 11.7 Å². The Hall–Kier alpha value is -1.10. The number of piperidine rings is 1. The molecule has 18 heavy (non-hydrogen) atoms. The lowest BCUT2D eigenvalue weighted by atomic mass is 9.92. The molecule has 0 saturated carbocycles. The first-order valence-electron chi connectivity index (χ1n) is 6.78. The van der Waals surface area contributed by atoms with Gasteiger partial charge in [-0.25, -0.2) is 0 Å². The third-order valence-electron chi connectivity index (χ3n) is 3.69. The highest BCUT2D eigenvalue weighted by Gasteiger charge is 2.23. The number of carbonyl (C=O) groups is 2. The van der Waals surface area contributed by atoms with Gasteiger partial charge < -0.3 is 15.7 Å². The van der Waals surface area contributed by atoms with Gasteiger partial charge in [-0.1, -0.05) is 6.92 Å². The molecule has 0 aromatic carbocycles. The van der Waals surface area contributed by atoms with Crippen molar-refractivity contribution in [3.05, 3.63) is 0 Å². The van der Waals surface area contributed by atoms with Crippen LogP contribution in [0.3, 0.4) is 0 Å². The minimum atomic E-state index is -0.734. The van der Waals surface area contributed by atoms with Gasteiger partial charge in [-0.15, -0.1) is 0 Å². The zero-order valence-electron chi connectivity index (χ0n) is 11.1. The number of carbonyl (C=O) groups excluding carboxylic acids is 1. The monoisotopic (exact) mass is 256 g/mol. The van der Waals surface area contributed by atoms with Crippen molar-refractivity contribution in [3.8, 4) is 0 Å². The Kier molecular flexibility index (Phi) is 6.12. The van der Waals surface area contributed by atoms with Crippen LogP contribution in [-0.2, 0) is 9.59 Å². The number of likely N-dealkylation sites (tertiary alicyclic amines) is 1. The number of carboxylic acids is 1. The summed E-state index contributed by atoms with van der Waals surface area (Å²) in [4.78, 5) is 24.3. The highest BCUT2D eigenvalue weighted by molar-refractivity contribution is 5.76. The summed E-state index contributed by atoms with van der Waals surface area (Å²) in [6.07, 6.45) is 4.04. The van der Waals surface area contributed by atoms with E-state index in [2.05, 4.69) is 0 Å². The molecule has 0 radical (unpaired) electrons. The fourth-order valence-electron chi connectivity index (χ4n) is 2.30. The molecule has 0 aromatic rings. The van der Waals surface area contributed by atoms with Gasteiger partial charge >= 0.3 is 5.97 Å². The fourth-order valence-corrected chi connectivity index (χ4v) is 2.30. The summed E-state index contributed by atoms with van der Waals surface area (Å²) >= 11 is 0. The first kappa shape index (κ1) is 15.0. The van der Waals surface area contributed by atoms with Crippen molar-refractivity contribution >= 4 is 11.9 Å². The Labute approximate surface area is 108 Å². The van der Waals surface area contributed by atoms with Crippen molar-refractivity contribution in [2.45, 2.75) is 51.5 Å². The van der Waals surface area contributed by atoms with Crippen LogP contribution in [0.1, 0.15) is 45.4 Å². The van der Waals surface area contributed by atoms with E-state index < -0.39 is 5.97 Å². The van der Waals surface area contributed by atoms with Gasteiger partial charge in [0, 0.05) is 32.0 Å². The van der Waals surface area contributed by atoms with E-state index in [1.807, 2.05) is 11.8 Å². The average molecular weight is 256 g/mol. The third-order valence-corrected chi connectivity index (χ3v) is 3.69. The van der Waals surface area contributed by atoms with Gasteiger partial charge in [0.05, 0.1) is 0 Å². The minimum absolute atomic E-state index is 0.0396. The molecule has 0 bridgehead atoms. The molecule has 1 heterocycles. The van der Waals surface area contributed by atoms with E-state index in [-0.39, 0.29) is 18.4 Å². The normalized spacial score (nSPS) is 18.7. The lowest BCUT2D eigenvalue weighted by Gasteiger charge is -2.32. The fraction of sp³-hybridized carbons (Fsp3) is 0.846. The highest BCUT2D eigenvalue weighted by atomic mass is 16.4. The van der Waals surface area contributed by atoms with Gasteiger partial charge in [-0.3, -0.25) is 9.59 Å². The quantitative estimate of drug-likeness (QED) is 0.748. The molecule has 5 heteroatoms. The molecule has 1 saturated heterocycles. The van der Waals surface area contributed by atoms with E-state index in [0.717, 1.165) is 38.8 Å². The van der Waals surface area contributed by atoms with E-state index in [4.69, 9.17) is 10.8 Å². The van der Waals surface area contributed by atoms with Crippen molar-refractivity contribution in [1.29, 1.82) is 0 Å². The highest BCUT2D eigenvalue weighted by Crippen LogP contribution is 2.22. The second kappa shape index (κ2) is 7.36. The maximum Gasteiger partial charge on any atom is 0.303 e. The molecule has 1 atom stereocenters. The Morgan fingerprint density at radius 3 is 2.50 bits per heavy atom. The summed E-state index contributed by atoms with van der Waals surface area (Å²) in [5.74, 6) is -0.145. The van der Waals surface area contributed by atoms with Crippen LogP contribution in [0.25, 0.3) is 0 Å². The SMILES string of the molecule is CCC(N)CC(=O)N1CCC(CCC(=O)O)CC1. The standard InChI is InChI=1S/C13H24N2O3/c1-2-11(14)9-12(16)15-7-5-10(6-8-15)3-4-13(17)18/h10-11H,2-9,14H2,1H3,(H,17,18). The second-order valence-corrected chi connectivity index (χ2v) is 5.13. The van der Waals surface area contributed by atoms with Gasteiger partial charge in [0.1, 0.15) is 0 Å². The number of carboxylic acid groups (broad SMARTS) is 1. The van der Waals surface area contributed by atoms with E-state index >= 15 is 0 Å². The Morgan fingerprint density at radius 2 is 2.00 bits per heavy atom. The van der Waals surface area contributed by atoms with Crippen LogP contribution in [0, 0.1) is 5.92 Å². The van der Waals surface area contributed by atoms with E-state index in [1.165, 1.54) is 0 Å². The largest absolute Gasteiger partial charge is 0.481 e. The summed E-state index contributed by atoms with van der Waals surface area (Å²) in [6, 6.07) is -0.0396. The minimum Gasteiger partial charge on any atom is -0.481 e. The molecule has 1 aliphatic rings. The van der Waals surface area contributed by atoms with Crippen molar-refractivity contribution in [2.75, 3.05) is 13.1 Å². The van der Waals surface area contributed by atoms with Crippen LogP contribution in [0.5, 0.6) is 0 Å². The van der Waals surface area contributed by atoms with E-state index in [0.29, 0.717) is 12.3 Å². The summed E-state index contributed by atoms with van der Waals surface area (Å²) in [7, 11) is 0. The van der Waals surface area contributed by atoms with Crippen LogP contribution in [-0.4, -0.2) is 41.0 Å². The molecule has 3 N–H and O–H groups in total. The van der Waals surface area contributed by atoms with Crippen LogP contribution in [0.4, 0.5) is 0 Å². The number of nitrogens with two attached hydrogens (primary N) is 1. The van der Waals surface area contributed by atoms with Crippen molar-refractivity contribution < 1.29 is 14.7 Å². The van der Waals surface area contributed by atoms with Crippen LogP contribution < -0.4 is 5.73 Å². The molecule has 0 spiro atoms. The Bertz CT molecular complexity index is 286. The topological polar surface area (TPSA) is 83.6 Å². The molecule has 0 aliphatic carbocycles. The zero-order chi connectivity index (χ0) is 13.5. The molecule has 1 amide bonds. The molecule has 1 aliphatic heterocycles. The smallest absolute Gasteiger partial charge is 0.303 e. The molecule has 1 fully saturated rings. The summed E-state index contributed by atoms with van der Waals surface area (Å²) in [5.41, 5.74) is 5.78. The third kappa shape index (κ3) is 5.04. The lowest BCUT2D eigenvalue weighted by molar-refractivity contribution is -0.138. The van der Waals surface area contributed by atoms with Crippen LogP contribution in [0.15, 0.2) is 0 Å².